The SMILES string of the molecule is CCOc1cc(C)c(CN2CCOC(c3nnn(C)n3)C2)cc1C(C)C. The molecular formula is C19H29N5O2. The largest absolute Gasteiger partial charge is 0.494 e. The Morgan fingerprint density at radius 1 is 1.35 bits per heavy atom. The van der Waals surface area contributed by atoms with E-state index in [1.807, 2.05) is 6.92 Å². The zero-order valence-electron chi connectivity index (χ0n) is 16.4. The van der Waals surface area contributed by atoms with Crippen molar-refractivity contribution < 1.29 is 9.47 Å². The molecule has 2 heterocycles. The maximum atomic E-state index is 5.85. The van der Waals surface area contributed by atoms with Crippen molar-refractivity contribution in [3.63, 3.8) is 0 Å². The van der Waals surface area contributed by atoms with Gasteiger partial charge in [0.15, 0.2) is 0 Å². The van der Waals surface area contributed by atoms with Crippen LogP contribution < -0.4 is 4.74 Å². The topological polar surface area (TPSA) is 65.3 Å². The Balaban J connectivity index is 1.76. The molecule has 1 aromatic carbocycles. The van der Waals surface area contributed by atoms with Crippen molar-refractivity contribution in [2.24, 2.45) is 7.05 Å². The number of ether oxygens (including phenoxy) is 2. The van der Waals surface area contributed by atoms with E-state index < -0.39 is 0 Å². The fourth-order valence-corrected chi connectivity index (χ4v) is 3.32. The molecule has 1 fully saturated rings. The molecule has 0 radical (unpaired) electrons. The number of hydrogen-bond acceptors (Lipinski definition) is 6. The van der Waals surface area contributed by atoms with Gasteiger partial charge in [0.05, 0.1) is 20.3 Å². The summed E-state index contributed by atoms with van der Waals surface area (Å²) in [6.07, 6.45) is -0.120. The molecular weight excluding hydrogens is 330 g/mol. The predicted octanol–water partition coefficient (Wildman–Crippen LogP) is 2.61. The molecule has 3 rings (SSSR count). The summed E-state index contributed by atoms with van der Waals surface area (Å²) < 4.78 is 11.7. The second-order valence-corrected chi connectivity index (χ2v) is 7.14. The summed E-state index contributed by atoms with van der Waals surface area (Å²) in [6, 6.07) is 4.48. The summed E-state index contributed by atoms with van der Waals surface area (Å²) in [5.41, 5.74) is 3.87. The minimum Gasteiger partial charge on any atom is -0.494 e. The van der Waals surface area contributed by atoms with Crippen LogP contribution in [0, 0.1) is 6.92 Å². The van der Waals surface area contributed by atoms with E-state index in [2.05, 4.69) is 53.2 Å². The van der Waals surface area contributed by atoms with Gasteiger partial charge in [-0.3, -0.25) is 4.90 Å². The Bertz CT molecular complexity index is 744. The van der Waals surface area contributed by atoms with Crippen LogP contribution in [-0.4, -0.2) is 51.4 Å². The van der Waals surface area contributed by atoms with E-state index in [9.17, 15) is 0 Å². The van der Waals surface area contributed by atoms with Gasteiger partial charge in [0.25, 0.3) is 0 Å². The average molecular weight is 359 g/mol. The number of nitrogens with zero attached hydrogens (tertiary/aromatic N) is 5. The zero-order valence-corrected chi connectivity index (χ0v) is 16.4. The first kappa shape index (κ1) is 18.8. The highest BCUT2D eigenvalue weighted by molar-refractivity contribution is 5.44. The summed E-state index contributed by atoms with van der Waals surface area (Å²) in [6.45, 7) is 12.5. The van der Waals surface area contributed by atoms with Crippen LogP contribution in [0.2, 0.25) is 0 Å². The molecule has 0 spiro atoms. The highest BCUT2D eigenvalue weighted by Gasteiger charge is 2.26. The van der Waals surface area contributed by atoms with E-state index in [-0.39, 0.29) is 6.10 Å². The second kappa shape index (κ2) is 8.14. The maximum absolute atomic E-state index is 5.85. The quantitative estimate of drug-likeness (QED) is 0.790. The van der Waals surface area contributed by atoms with Crippen LogP contribution in [-0.2, 0) is 18.3 Å². The molecule has 0 bridgehead atoms. The Hall–Kier alpha value is -1.99. The summed E-state index contributed by atoms with van der Waals surface area (Å²) in [4.78, 5) is 3.88. The molecule has 0 amide bonds. The molecule has 0 saturated carbocycles. The lowest BCUT2D eigenvalue weighted by Gasteiger charge is -2.32. The number of hydrogen-bond donors (Lipinski definition) is 0. The van der Waals surface area contributed by atoms with E-state index >= 15 is 0 Å². The van der Waals surface area contributed by atoms with Crippen molar-refractivity contribution in [1.29, 1.82) is 0 Å². The number of morpholine rings is 1. The van der Waals surface area contributed by atoms with E-state index in [1.165, 1.54) is 21.5 Å². The van der Waals surface area contributed by atoms with Gasteiger partial charge in [-0.05, 0) is 47.7 Å². The van der Waals surface area contributed by atoms with Crippen LogP contribution >= 0.6 is 0 Å². The van der Waals surface area contributed by atoms with Crippen LogP contribution in [0.3, 0.4) is 0 Å². The Morgan fingerprint density at radius 2 is 2.15 bits per heavy atom. The van der Waals surface area contributed by atoms with Crippen molar-refractivity contribution >= 4 is 0 Å². The Kier molecular flexibility index (Phi) is 5.88. The fourth-order valence-electron chi connectivity index (χ4n) is 3.32. The first-order chi connectivity index (χ1) is 12.5. The molecule has 1 aromatic heterocycles. The van der Waals surface area contributed by atoms with Gasteiger partial charge in [0.1, 0.15) is 11.9 Å². The lowest BCUT2D eigenvalue weighted by molar-refractivity contribution is -0.0373. The van der Waals surface area contributed by atoms with Crippen LogP contribution in [0.25, 0.3) is 0 Å². The standard InChI is InChI=1S/C19H29N5O2/c1-6-25-17-9-14(4)15(10-16(17)13(2)3)11-24-7-8-26-18(12-24)19-20-22-23(5)21-19/h9-10,13,18H,6-8,11-12H2,1-5H3. The van der Waals surface area contributed by atoms with Gasteiger partial charge in [-0.1, -0.05) is 19.9 Å². The van der Waals surface area contributed by atoms with Gasteiger partial charge in [0.2, 0.25) is 5.82 Å². The summed E-state index contributed by atoms with van der Waals surface area (Å²) in [5, 5.41) is 12.3. The minimum atomic E-state index is -0.120. The first-order valence-corrected chi connectivity index (χ1v) is 9.32. The Morgan fingerprint density at radius 3 is 2.81 bits per heavy atom. The first-order valence-electron chi connectivity index (χ1n) is 9.32. The van der Waals surface area contributed by atoms with Crippen molar-refractivity contribution in [2.45, 2.75) is 46.3 Å². The average Bonchev–Trinajstić information content (AvgIpc) is 3.04. The van der Waals surface area contributed by atoms with Crippen LogP contribution in [0.1, 0.15) is 55.3 Å². The van der Waals surface area contributed by atoms with Gasteiger partial charge >= 0.3 is 0 Å². The zero-order chi connectivity index (χ0) is 18.7. The molecule has 1 aliphatic rings. The van der Waals surface area contributed by atoms with E-state index in [0.29, 0.717) is 25.0 Å². The lowest BCUT2D eigenvalue weighted by Crippen LogP contribution is -2.38. The van der Waals surface area contributed by atoms with Crippen molar-refractivity contribution in [3.8, 4) is 5.75 Å². The smallest absolute Gasteiger partial charge is 0.204 e. The number of aromatic nitrogens is 4. The molecule has 0 N–H and O–H groups in total. The van der Waals surface area contributed by atoms with Crippen molar-refractivity contribution in [1.82, 2.24) is 25.1 Å². The number of tetrazole rings is 1. The molecule has 0 aliphatic carbocycles. The molecule has 1 saturated heterocycles. The molecule has 142 valence electrons. The van der Waals surface area contributed by atoms with Gasteiger partial charge in [-0.25, -0.2) is 0 Å². The molecule has 2 aromatic rings. The second-order valence-electron chi connectivity index (χ2n) is 7.14. The molecule has 1 atom stereocenters. The fraction of sp³-hybridized carbons (Fsp3) is 0.632. The third-order valence-electron chi connectivity index (χ3n) is 4.75. The Labute approximate surface area is 155 Å². The monoisotopic (exact) mass is 359 g/mol. The summed E-state index contributed by atoms with van der Waals surface area (Å²) >= 11 is 0. The van der Waals surface area contributed by atoms with Crippen molar-refractivity contribution in [2.75, 3.05) is 26.3 Å². The predicted molar refractivity (Wildman–Crippen MR) is 99.2 cm³/mol. The highest BCUT2D eigenvalue weighted by Crippen LogP contribution is 2.31. The molecule has 26 heavy (non-hydrogen) atoms. The summed E-state index contributed by atoms with van der Waals surface area (Å²) in [5.74, 6) is 2.09. The lowest BCUT2D eigenvalue weighted by atomic mass is 9.96. The summed E-state index contributed by atoms with van der Waals surface area (Å²) in [7, 11) is 1.77. The molecule has 7 heteroatoms. The molecule has 7 nitrogen and oxygen atoms in total. The minimum absolute atomic E-state index is 0.120. The van der Waals surface area contributed by atoms with Gasteiger partial charge < -0.3 is 9.47 Å². The highest BCUT2D eigenvalue weighted by atomic mass is 16.5. The van der Waals surface area contributed by atoms with Crippen LogP contribution in [0.15, 0.2) is 12.1 Å². The van der Waals surface area contributed by atoms with Gasteiger partial charge in [-0.15, -0.1) is 10.2 Å². The van der Waals surface area contributed by atoms with E-state index in [1.54, 1.807) is 7.05 Å². The van der Waals surface area contributed by atoms with Crippen LogP contribution in [0.5, 0.6) is 5.75 Å². The molecule has 1 unspecified atom stereocenters. The van der Waals surface area contributed by atoms with Gasteiger partial charge in [-0.2, -0.15) is 4.80 Å². The number of aryl methyl sites for hydroxylation is 2. The number of rotatable bonds is 6. The third kappa shape index (κ3) is 4.22. The third-order valence-corrected chi connectivity index (χ3v) is 4.75. The van der Waals surface area contributed by atoms with E-state index in [4.69, 9.17) is 9.47 Å². The number of benzene rings is 1. The van der Waals surface area contributed by atoms with Gasteiger partial charge in [0, 0.05) is 19.6 Å². The maximum Gasteiger partial charge on any atom is 0.204 e. The van der Waals surface area contributed by atoms with E-state index in [0.717, 1.165) is 25.4 Å². The van der Waals surface area contributed by atoms with Crippen LogP contribution in [0.4, 0.5) is 0 Å². The normalized spacial score (nSPS) is 18.5. The molecule has 1 aliphatic heterocycles. The van der Waals surface area contributed by atoms with Crippen molar-refractivity contribution in [3.05, 3.63) is 34.6 Å².